The van der Waals surface area contributed by atoms with Gasteiger partial charge in [0, 0.05) is 12.8 Å². The summed E-state index contributed by atoms with van der Waals surface area (Å²) in [7, 11) is 0. The third kappa shape index (κ3) is 9.85. The fourth-order valence-electron chi connectivity index (χ4n) is 3.01. The first-order valence-electron chi connectivity index (χ1n) is 11.0. The largest absolute Gasteiger partial charge is 0.508 e. The van der Waals surface area contributed by atoms with Crippen molar-refractivity contribution in [3.8, 4) is 5.75 Å². The van der Waals surface area contributed by atoms with Crippen LogP contribution in [0.2, 0.25) is 0 Å². The minimum atomic E-state index is -1.58. The van der Waals surface area contributed by atoms with Gasteiger partial charge in [0.1, 0.15) is 29.9 Å². The van der Waals surface area contributed by atoms with Crippen molar-refractivity contribution in [2.24, 2.45) is 5.73 Å². The van der Waals surface area contributed by atoms with Crippen LogP contribution in [0.15, 0.2) is 24.3 Å². The fraction of sp³-hybridized carbons (Fsp3) is 0.500. The number of carbonyl (C=O) groups excluding carboxylic acids is 3. The second-order valence-electron chi connectivity index (χ2n) is 8.26. The number of carbonyl (C=O) groups is 5. The summed E-state index contributed by atoms with van der Waals surface area (Å²) in [5, 5.41) is 53.9. The minimum Gasteiger partial charge on any atom is -0.508 e. The first-order chi connectivity index (χ1) is 16.7. The van der Waals surface area contributed by atoms with Gasteiger partial charge in [-0.05, 0) is 38.0 Å². The molecule has 0 saturated heterocycles. The number of aliphatic hydroxyl groups is 2. The number of phenolic OH excluding ortho intramolecular Hbond substituents is 1. The Hall–Kier alpha value is -3.75. The number of aromatic hydroxyl groups is 1. The van der Waals surface area contributed by atoms with E-state index in [-0.39, 0.29) is 12.2 Å². The molecule has 6 atom stereocenters. The lowest BCUT2D eigenvalue weighted by atomic mass is 10.0. The quantitative estimate of drug-likeness (QED) is 0.125. The second-order valence-corrected chi connectivity index (χ2v) is 8.26. The zero-order valence-corrected chi connectivity index (χ0v) is 19.7. The van der Waals surface area contributed by atoms with Gasteiger partial charge in [0.2, 0.25) is 17.7 Å². The van der Waals surface area contributed by atoms with Crippen molar-refractivity contribution >= 4 is 29.7 Å². The summed E-state index contributed by atoms with van der Waals surface area (Å²) in [5.74, 6) is -5.73. The maximum Gasteiger partial charge on any atom is 0.326 e. The zero-order valence-electron chi connectivity index (χ0n) is 19.7. The normalized spacial score (nSPS) is 15.9. The molecule has 0 aliphatic carbocycles. The lowest BCUT2D eigenvalue weighted by Gasteiger charge is -2.27. The zero-order chi connectivity index (χ0) is 27.6. The van der Waals surface area contributed by atoms with Crippen LogP contribution in [-0.2, 0) is 30.4 Å². The SMILES string of the molecule is CC(O)C(N)C(=O)NC(C(=O)NC(Cc1ccc(O)cc1)C(=O)NC(CCC(=O)O)C(=O)O)C(C)O. The Morgan fingerprint density at radius 3 is 1.86 bits per heavy atom. The maximum absolute atomic E-state index is 12.9. The van der Waals surface area contributed by atoms with Crippen molar-refractivity contribution in [1.82, 2.24) is 16.0 Å². The third-order valence-corrected chi connectivity index (χ3v) is 5.16. The summed E-state index contributed by atoms with van der Waals surface area (Å²) in [6, 6.07) is -0.404. The van der Waals surface area contributed by atoms with Gasteiger partial charge in [0.25, 0.3) is 0 Å². The minimum absolute atomic E-state index is 0.0604. The summed E-state index contributed by atoms with van der Waals surface area (Å²) in [5.41, 5.74) is 6.01. The molecule has 0 aliphatic rings. The van der Waals surface area contributed by atoms with E-state index >= 15 is 0 Å². The van der Waals surface area contributed by atoms with E-state index in [1.807, 2.05) is 0 Å². The molecule has 10 N–H and O–H groups in total. The van der Waals surface area contributed by atoms with Crippen LogP contribution in [0, 0.1) is 0 Å². The summed E-state index contributed by atoms with van der Waals surface area (Å²) < 4.78 is 0. The van der Waals surface area contributed by atoms with Crippen LogP contribution >= 0.6 is 0 Å². The van der Waals surface area contributed by atoms with E-state index in [9.17, 15) is 44.4 Å². The second kappa shape index (κ2) is 14.0. The van der Waals surface area contributed by atoms with Gasteiger partial charge in [-0.1, -0.05) is 12.1 Å². The van der Waals surface area contributed by atoms with Crippen molar-refractivity contribution in [1.29, 1.82) is 0 Å². The van der Waals surface area contributed by atoms with Gasteiger partial charge in [-0.3, -0.25) is 19.2 Å². The fourth-order valence-corrected chi connectivity index (χ4v) is 3.01. The molecule has 14 nitrogen and oxygen atoms in total. The van der Waals surface area contributed by atoms with E-state index in [4.69, 9.17) is 10.8 Å². The van der Waals surface area contributed by atoms with Crippen LogP contribution in [-0.4, -0.2) is 91.6 Å². The van der Waals surface area contributed by atoms with Crippen LogP contribution in [0.3, 0.4) is 0 Å². The van der Waals surface area contributed by atoms with Gasteiger partial charge in [-0.15, -0.1) is 0 Å². The molecule has 3 amide bonds. The van der Waals surface area contributed by atoms with Crippen LogP contribution in [0.5, 0.6) is 5.75 Å². The molecule has 6 unspecified atom stereocenters. The summed E-state index contributed by atoms with van der Waals surface area (Å²) in [4.78, 5) is 60.3. The number of benzene rings is 1. The highest BCUT2D eigenvalue weighted by Crippen LogP contribution is 2.12. The van der Waals surface area contributed by atoms with E-state index in [1.165, 1.54) is 38.1 Å². The van der Waals surface area contributed by atoms with E-state index < -0.39 is 78.9 Å². The van der Waals surface area contributed by atoms with Crippen molar-refractivity contribution in [3.05, 3.63) is 29.8 Å². The average Bonchev–Trinajstić information content (AvgIpc) is 2.79. The van der Waals surface area contributed by atoms with Crippen LogP contribution in [0.4, 0.5) is 0 Å². The number of hydrogen-bond acceptors (Lipinski definition) is 9. The molecule has 36 heavy (non-hydrogen) atoms. The van der Waals surface area contributed by atoms with Crippen molar-refractivity contribution in [2.45, 2.75) is 69.5 Å². The van der Waals surface area contributed by atoms with Crippen molar-refractivity contribution in [3.63, 3.8) is 0 Å². The van der Waals surface area contributed by atoms with Gasteiger partial charge in [0.15, 0.2) is 0 Å². The Bertz CT molecular complexity index is 935. The molecule has 200 valence electrons. The highest BCUT2D eigenvalue weighted by Gasteiger charge is 2.33. The first kappa shape index (κ1) is 30.3. The number of phenols is 1. The van der Waals surface area contributed by atoms with Crippen molar-refractivity contribution < 1.29 is 49.5 Å². The number of aliphatic carboxylic acids is 2. The molecule has 0 spiro atoms. The smallest absolute Gasteiger partial charge is 0.326 e. The van der Waals surface area contributed by atoms with E-state index in [1.54, 1.807) is 0 Å². The molecular weight excluding hydrogens is 480 g/mol. The maximum atomic E-state index is 12.9. The molecule has 0 aromatic heterocycles. The Balaban J connectivity index is 3.14. The molecule has 1 aromatic carbocycles. The Morgan fingerprint density at radius 2 is 1.39 bits per heavy atom. The van der Waals surface area contributed by atoms with Crippen LogP contribution in [0.25, 0.3) is 0 Å². The molecule has 0 radical (unpaired) electrons. The number of rotatable bonds is 14. The number of aliphatic hydroxyl groups excluding tert-OH is 2. The predicted molar refractivity (Wildman–Crippen MR) is 123 cm³/mol. The Morgan fingerprint density at radius 1 is 0.833 bits per heavy atom. The summed E-state index contributed by atoms with van der Waals surface area (Å²) in [6.07, 6.45) is -3.84. The van der Waals surface area contributed by atoms with Gasteiger partial charge in [-0.25, -0.2) is 4.79 Å². The predicted octanol–water partition coefficient (Wildman–Crippen LogP) is -2.57. The summed E-state index contributed by atoms with van der Waals surface area (Å²) in [6.45, 7) is 2.45. The Kier molecular flexibility index (Phi) is 11.7. The highest BCUT2D eigenvalue weighted by molar-refractivity contribution is 5.94. The monoisotopic (exact) mass is 512 g/mol. The molecule has 0 fully saturated rings. The molecule has 0 heterocycles. The number of nitrogens with two attached hydrogens (primary N) is 1. The Labute approximate surface area is 206 Å². The number of hydrogen-bond donors (Lipinski definition) is 9. The molecule has 0 saturated carbocycles. The number of carboxylic acids is 2. The standard InChI is InChI=1S/C22H32N4O10/c1-10(27)17(23)20(33)26-18(11(2)28)21(34)25-15(9-12-3-5-13(29)6-4-12)19(32)24-14(22(35)36)7-8-16(30)31/h3-6,10-11,14-15,17-18,27-29H,7-9,23H2,1-2H3,(H,24,32)(H,25,34)(H,26,33)(H,30,31)(H,35,36). The molecule has 0 bridgehead atoms. The number of amides is 3. The number of nitrogens with one attached hydrogen (secondary N) is 3. The lowest BCUT2D eigenvalue weighted by Crippen LogP contribution is -2.61. The number of carboxylic acid groups (broad SMARTS) is 2. The van der Waals surface area contributed by atoms with Gasteiger partial charge in [-0.2, -0.15) is 0 Å². The lowest BCUT2D eigenvalue weighted by molar-refractivity contribution is -0.143. The molecule has 0 aliphatic heterocycles. The molecule has 1 aromatic rings. The molecule has 1 rings (SSSR count). The highest BCUT2D eigenvalue weighted by atomic mass is 16.4. The van der Waals surface area contributed by atoms with Gasteiger partial charge >= 0.3 is 11.9 Å². The van der Waals surface area contributed by atoms with E-state index in [0.29, 0.717) is 5.56 Å². The van der Waals surface area contributed by atoms with Gasteiger partial charge < -0.3 is 47.2 Å². The third-order valence-electron chi connectivity index (χ3n) is 5.16. The summed E-state index contributed by atoms with van der Waals surface area (Å²) >= 11 is 0. The van der Waals surface area contributed by atoms with E-state index in [2.05, 4.69) is 16.0 Å². The topological polar surface area (TPSA) is 249 Å². The average molecular weight is 513 g/mol. The van der Waals surface area contributed by atoms with E-state index in [0.717, 1.165) is 0 Å². The van der Waals surface area contributed by atoms with Crippen LogP contribution < -0.4 is 21.7 Å². The molecule has 14 heteroatoms. The first-order valence-corrected chi connectivity index (χ1v) is 11.0. The van der Waals surface area contributed by atoms with Crippen molar-refractivity contribution in [2.75, 3.05) is 0 Å². The molecular formula is C22H32N4O10. The van der Waals surface area contributed by atoms with Gasteiger partial charge in [0.05, 0.1) is 12.2 Å². The van der Waals surface area contributed by atoms with Crippen LogP contribution in [0.1, 0.15) is 32.3 Å².